The number of sulfonamides is 1. The van der Waals surface area contributed by atoms with Crippen molar-refractivity contribution in [2.24, 2.45) is 0 Å². The summed E-state index contributed by atoms with van der Waals surface area (Å²) in [4.78, 5) is 28.2. The lowest BCUT2D eigenvalue weighted by molar-refractivity contribution is -0.140. The van der Waals surface area contributed by atoms with E-state index in [-0.39, 0.29) is 41.8 Å². The summed E-state index contributed by atoms with van der Waals surface area (Å²) in [5, 5.41) is 2.94. The van der Waals surface area contributed by atoms with Gasteiger partial charge in [-0.2, -0.15) is 0 Å². The third-order valence-electron chi connectivity index (χ3n) is 6.97. The minimum atomic E-state index is -3.52. The van der Waals surface area contributed by atoms with E-state index in [1.54, 1.807) is 43.2 Å². The predicted octanol–water partition coefficient (Wildman–Crippen LogP) is 2.78. The van der Waals surface area contributed by atoms with E-state index in [9.17, 15) is 18.0 Å². The average molecular weight is 544 g/mol. The molecular weight excluding hydrogens is 506 g/mol. The Kier molecular flexibility index (Phi) is 9.40. The minimum Gasteiger partial charge on any atom is -0.497 e. The highest BCUT2D eigenvalue weighted by Crippen LogP contribution is 2.23. The molecule has 9 nitrogen and oxygen atoms in total. The molecule has 0 radical (unpaired) electrons. The molecule has 1 aliphatic carbocycles. The molecule has 1 heterocycles. The summed E-state index contributed by atoms with van der Waals surface area (Å²) in [7, 11) is -1.92. The highest BCUT2D eigenvalue weighted by atomic mass is 32.2. The fraction of sp³-hybridized carbons (Fsp3) is 0.500. The van der Waals surface area contributed by atoms with Gasteiger partial charge in [0.25, 0.3) is 0 Å². The quantitative estimate of drug-likeness (QED) is 0.402. The van der Waals surface area contributed by atoms with E-state index in [4.69, 9.17) is 9.47 Å². The maximum absolute atomic E-state index is 13.4. The van der Waals surface area contributed by atoms with E-state index < -0.39 is 16.1 Å². The normalized spacial score (nSPS) is 18.1. The van der Waals surface area contributed by atoms with Gasteiger partial charge >= 0.3 is 0 Å². The van der Waals surface area contributed by atoms with Gasteiger partial charge in [-0.3, -0.25) is 9.59 Å². The summed E-state index contributed by atoms with van der Waals surface area (Å²) >= 11 is 0. The van der Waals surface area contributed by atoms with Crippen molar-refractivity contribution in [3.8, 4) is 5.75 Å². The predicted molar refractivity (Wildman–Crippen MR) is 143 cm³/mol. The van der Waals surface area contributed by atoms with Crippen LogP contribution in [0.4, 0.5) is 0 Å². The molecule has 2 aromatic rings. The number of hydrogen-bond acceptors (Lipinski definition) is 6. The molecular formula is C28H37N3O6S. The van der Waals surface area contributed by atoms with E-state index in [2.05, 4.69) is 10.0 Å². The van der Waals surface area contributed by atoms with Gasteiger partial charge in [-0.15, -0.1) is 0 Å². The molecule has 1 saturated heterocycles. The molecule has 2 unspecified atom stereocenters. The number of carbonyl (C=O) groups excluding carboxylic acids is 2. The lowest BCUT2D eigenvalue weighted by Crippen LogP contribution is -2.49. The minimum absolute atomic E-state index is 0.0168. The maximum Gasteiger partial charge on any atom is 0.242 e. The highest BCUT2D eigenvalue weighted by molar-refractivity contribution is 7.89. The van der Waals surface area contributed by atoms with Crippen LogP contribution < -0.4 is 14.8 Å². The Morgan fingerprint density at radius 2 is 1.74 bits per heavy atom. The molecule has 10 heteroatoms. The molecule has 206 valence electrons. The molecule has 38 heavy (non-hydrogen) atoms. The molecule has 0 spiro atoms. The zero-order valence-corrected chi connectivity index (χ0v) is 22.8. The molecule has 0 bridgehead atoms. The number of hydrogen-bond donors (Lipinski definition) is 2. The number of aryl methyl sites for hydroxylation is 1. The molecule has 2 amide bonds. The van der Waals surface area contributed by atoms with Crippen LogP contribution >= 0.6 is 0 Å². The summed E-state index contributed by atoms with van der Waals surface area (Å²) in [5.41, 5.74) is 1.74. The average Bonchev–Trinajstić information content (AvgIpc) is 3.57. The third-order valence-corrected chi connectivity index (χ3v) is 8.50. The Balaban J connectivity index is 1.40. The first-order chi connectivity index (χ1) is 18.2. The number of carbonyl (C=O) groups is 2. The van der Waals surface area contributed by atoms with Gasteiger partial charge in [-0.1, -0.05) is 24.3 Å². The Labute approximate surface area is 224 Å². The van der Waals surface area contributed by atoms with Crippen LogP contribution in [-0.4, -0.2) is 63.6 Å². The first-order valence-corrected chi connectivity index (χ1v) is 14.7. The number of nitrogens with zero attached hydrogens (tertiary/aromatic N) is 1. The van der Waals surface area contributed by atoms with Crippen molar-refractivity contribution >= 4 is 21.8 Å². The fourth-order valence-corrected chi connectivity index (χ4v) is 5.70. The van der Waals surface area contributed by atoms with Crippen LogP contribution in [0.1, 0.15) is 50.2 Å². The Bertz CT molecular complexity index is 1190. The summed E-state index contributed by atoms with van der Waals surface area (Å²) in [6.07, 6.45) is 4.28. The molecule has 1 aliphatic heterocycles. The second-order valence-corrected chi connectivity index (χ2v) is 11.7. The number of nitrogens with one attached hydrogen (secondary N) is 2. The largest absolute Gasteiger partial charge is 0.497 e. The van der Waals surface area contributed by atoms with Crippen LogP contribution in [0.15, 0.2) is 53.4 Å². The number of rotatable bonds is 13. The van der Waals surface area contributed by atoms with E-state index in [0.29, 0.717) is 25.3 Å². The lowest BCUT2D eigenvalue weighted by atomic mass is 10.1. The van der Waals surface area contributed by atoms with Crippen molar-refractivity contribution < 1.29 is 27.5 Å². The van der Waals surface area contributed by atoms with E-state index >= 15 is 0 Å². The number of amides is 2. The Hall–Kier alpha value is -2.95. The van der Waals surface area contributed by atoms with Crippen molar-refractivity contribution in [3.05, 3.63) is 59.7 Å². The van der Waals surface area contributed by atoms with Gasteiger partial charge in [0.1, 0.15) is 11.8 Å². The SMILES string of the molecule is COc1ccc(CN(C(=O)CCc2ccc(S(=O)(=O)NC3CC3)cc2)C(C)C(=O)NCC2CCCO2)cc1. The zero-order chi connectivity index (χ0) is 27.1. The molecule has 4 rings (SSSR count). The van der Waals surface area contributed by atoms with Crippen LogP contribution in [0.25, 0.3) is 0 Å². The monoisotopic (exact) mass is 543 g/mol. The standard InChI is InChI=1S/C28H37N3O6S/c1-20(28(33)29-18-25-4-3-17-37-25)31(19-22-5-12-24(36-2)13-6-22)27(32)16-9-21-7-14-26(15-8-21)38(34,35)30-23-10-11-23/h5-8,12-15,20,23,25,30H,3-4,9-11,16-19H2,1-2H3,(H,29,33). The maximum atomic E-state index is 13.4. The fourth-order valence-electron chi connectivity index (χ4n) is 4.40. The second kappa shape index (κ2) is 12.7. The number of benzene rings is 2. The van der Waals surface area contributed by atoms with Gasteiger partial charge in [0.2, 0.25) is 21.8 Å². The molecule has 2 atom stereocenters. The zero-order valence-electron chi connectivity index (χ0n) is 22.0. The van der Waals surface area contributed by atoms with Crippen LogP contribution in [0.3, 0.4) is 0 Å². The molecule has 2 N–H and O–H groups in total. The lowest BCUT2D eigenvalue weighted by Gasteiger charge is -2.29. The molecule has 2 aromatic carbocycles. The second-order valence-electron chi connectivity index (χ2n) is 9.97. The summed E-state index contributed by atoms with van der Waals surface area (Å²) in [5.74, 6) is 0.333. The summed E-state index contributed by atoms with van der Waals surface area (Å²) < 4.78 is 38.3. The molecule has 0 aromatic heterocycles. The van der Waals surface area contributed by atoms with Crippen molar-refractivity contribution in [2.45, 2.75) is 75.1 Å². The van der Waals surface area contributed by atoms with Gasteiger partial charge in [0.15, 0.2) is 0 Å². The molecule has 2 aliphatic rings. The topological polar surface area (TPSA) is 114 Å². The van der Waals surface area contributed by atoms with Crippen LogP contribution in [0.2, 0.25) is 0 Å². The van der Waals surface area contributed by atoms with Gasteiger partial charge in [-0.25, -0.2) is 13.1 Å². The van der Waals surface area contributed by atoms with Crippen molar-refractivity contribution in [1.82, 2.24) is 14.9 Å². The first kappa shape index (κ1) is 28.1. The van der Waals surface area contributed by atoms with Crippen LogP contribution in [-0.2, 0) is 37.3 Å². The Morgan fingerprint density at radius 3 is 2.34 bits per heavy atom. The van der Waals surface area contributed by atoms with Gasteiger partial charge in [-0.05, 0) is 74.4 Å². The van der Waals surface area contributed by atoms with Gasteiger partial charge < -0.3 is 19.7 Å². The van der Waals surface area contributed by atoms with Crippen molar-refractivity contribution in [1.29, 1.82) is 0 Å². The van der Waals surface area contributed by atoms with Gasteiger partial charge in [0.05, 0.1) is 18.1 Å². The van der Waals surface area contributed by atoms with Crippen LogP contribution in [0, 0.1) is 0 Å². The van der Waals surface area contributed by atoms with Crippen LogP contribution in [0.5, 0.6) is 5.75 Å². The van der Waals surface area contributed by atoms with E-state index in [0.717, 1.165) is 36.8 Å². The summed E-state index contributed by atoms with van der Waals surface area (Å²) in [6, 6.07) is 13.4. The van der Waals surface area contributed by atoms with Gasteiger partial charge in [0, 0.05) is 32.2 Å². The smallest absolute Gasteiger partial charge is 0.242 e. The van der Waals surface area contributed by atoms with Crippen molar-refractivity contribution in [2.75, 3.05) is 20.3 Å². The number of ether oxygens (including phenoxy) is 2. The van der Waals surface area contributed by atoms with E-state index in [1.165, 1.54) is 0 Å². The first-order valence-electron chi connectivity index (χ1n) is 13.2. The third kappa shape index (κ3) is 7.78. The van der Waals surface area contributed by atoms with Crippen molar-refractivity contribution in [3.63, 3.8) is 0 Å². The van der Waals surface area contributed by atoms with E-state index in [1.807, 2.05) is 24.3 Å². The number of methoxy groups -OCH3 is 1. The molecule has 2 fully saturated rings. The summed E-state index contributed by atoms with van der Waals surface area (Å²) in [6.45, 7) is 3.15. The molecule has 1 saturated carbocycles. The highest BCUT2D eigenvalue weighted by Gasteiger charge is 2.29. The Morgan fingerprint density at radius 1 is 1.05 bits per heavy atom.